The van der Waals surface area contributed by atoms with Crippen LogP contribution >= 0.6 is 11.6 Å². The van der Waals surface area contributed by atoms with Gasteiger partial charge in [0, 0.05) is 24.7 Å². The summed E-state index contributed by atoms with van der Waals surface area (Å²) in [4.78, 5) is 14.7. The van der Waals surface area contributed by atoms with Crippen molar-refractivity contribution in [1.82, 2.24) is 14.9 Å². The maximum absolute atomic E-state index is 12.8. The fourth-order valence-electron chi connectivity index (χ4n) is 3.34. The summed E-state index contributed by atoms with van der Waals surface area (Å²) in [6, 6.07) is 23.6. The molecule has 3 aromatic rings. The first-order valence-electron chi connectivity index (χ1n) is 10.6. The van der Waals surface area contributed by atoms with E-state index >= 15 is 0 Å². The molecule has 1 unspecified atom stereocenters. The second-order valence-electron chi connectivity index (χ2n) is 7.97. The Hall–Kier alpha value is -2.71. The SMILES string of the molecule is CN(C)C(CNC(=O)c1ccc(Cl)c(S(=O)(=O)NCc2ccccc2)c1)Cc1ccccc1. The number of nitrogens with zero attached hydrogens (tertiary/aromatic N) is 1. The number of rotatable bonds is 10. The van der Waals surface area contributed by atoms with Crippen LogP contribution in [0.15, 0.2) is 83.8 Å². The average molecular weight is 486 g/mol. The van der Waals surface area contributed by atoms with Crippen molar-refractivity contribution < 1.29 is 13.2 Å². The van der Waals surface area contributed by atoms with Crippen molar-refractivity contribution in [2.45, 2.75) is 23.9 Å². The summed E-state index contributed by atoms with van der Waals surface area (Å²) in [5.74, 6) is -0.355. The first-order chi connectivity index (χ1) is 15.8. The van der Waals surface area contributed by atoms with Gasteiger partial charge in [-0.15, -0.1) is 0 Å². The Morgan fingerprint density at radius 1 is 0.939 bits per heavy atom. The van der Waals surface area contributed by atoms with E-state index < -0.39 is 10.0 Å². The van der Waals surface area contributed by atoms with Gasteiger partial charge in [-0.3, -0.25) is 4.79 Å². The zero-order chi connectivity index (χ0) is 23.8. The van der Waals surface area contributed by atoms with E-state index in [1.807, 2.05) is 62.6 Å². The number of hydrogen-bond acceptors (Lipinski definition) is 4. The zero-order valence-electron chi connectivity index (χ0n) is 18.7. The largest absolute Gasteiger partial charge is 0.350 e. The minimum atomic E-state index is -3.90. The van der Waals surface area contributed by atoms with E-state index in [1.54, 1.807) is 0 Å². The lowest BCUT2D eigenvalue weighted by Crippen LogP contribution is -2.41. The number of carbonyl (C=O) groups is 1. The molecule has 3 aromatic carbocycles. The van der Waals surface area contributed by atoms with Gasteiger partial charge in [0.25, 0.3) is 5.91 Å². The number of amides is 1. The molecule has 0 saturated heterocycles. The molecule has 1 atom stereocenters. The number of sulfonamides is 1. The molecule has 0 aliphatic heterocycles. The van der Waals surface area contributed by atoms with Crippen LogP contribution in [0.25, 0.3) is 0 Å². The van der Waals surface area contributed by atoms with Crippen LogP contribution < -0.4 is 10.0 Å². The summed E-state index contributed by atoms with van der Waals surface area (Å²) in [6.45, 7) is 0.539. The fourth-order valence-corrected chi connectivity index (χ4v) is 4.88. The highest BCUT2D eigenvalue weighted by atomic mass is 35.5. The molecule has 2 N–H and O–H groups in total. The van der Waals surface area contributed by atoms with E-state index in [-0.39, 0.29) is 34.0 Å². The van der Waals surface area contributed by atoms with E-state index in [4.69, 9.17) is 11.6 Å². The van der Waals surface area contributed by atoms with Crippen molar-refractivity contribution >= 4 is 27.5 Å². The molecule has 1 amide bonds. The molecule has 3 rings (SSSR count). The lowest BCUT2D eigenvalue weighted by atomic mass is 10.1. The van der Waals surface area contributed by atoms with Crippen molar-refractivity contribution in [1.29, 1.82) is 0 Å². The molecule has 0 bridgehead atoms. The van der Waals surface area contributed by atoms with Gasteiger partial charge >= 0.3 is 0 Å². The number of benzene rings is 3. The summed E-state index contributed by atoms with van der Waals surface area (Å²) >= 11 is 6.17. The van der Waals surface area contributed by atoms with Gasteiger partial charge in [0.15, 0.2) is 0 Å². The van der Waals surface area contributed by atoms with E-state index in [0.717, 1.165) is 12.0 Å². The van der Waals surface area contributed by atoms with Crippen LogP contribution in [-0.2, 0) is 23.0 Å². The third-order valence-corrected chi connectivity index (χ3v) is 7.22. The smallest absolute Gasteiger partial charge is 0.251 e. The number of likely N-dealkylation sites (N-methyl/N-ethyl adjacent to an activating group) is 1. The Bertz CT molecular complexity index is 1170. The van der Waals surface area contributed by atoms with Crippen LogP contribution in [0.3, 0.4) is 0 Å². The highest BCUT2D eigenvalue weighted by Crippen LogP contribution is 2.23. The second-order valence-corrected chi connectivity index (χ2v) is 10.1. The Balaban J connectivity index is 1.68. The standard InChI is InChI=1S/C25H28ClN3O3S/c1-29(2)22(15-19-9-5-3-6-10-19)18-27-25(30)21-13-14-23(26)24(16-21)33(31,32)28-17-20-11-7-4-8-12-20/h3-14,16,22,28H,15,17-18H2,1-2H3,(H,27,30). The van der Waals surface area contributed by atoms with E-state index in [2.05, 4.69) is 27.1 Å². The van der Waals surface area contributed by atoms with Gasteiger partial charge in [0.05, 0.1) is 5.02 Å². The van der Waals surface area contributed by atoms with Crippen LogP contribution in [0.4, 0.5) is 0 Å². The third kappa shape index (κ3) is 7.14. The molecule has 0 fully saturated rings. The Morgan fingerprint density at radius 2 is 1.55 bits per heavy atom. The lowest BCUT2D eigenvalue weighted by molar-refractivity contribution is 0.0941. The summed E-state index contributed by atoms with van der Waals surface area (Å²) in [5.41, 5.74) is 2.23. The molecule has 0 spiro atoms. The molecule has 0 aromatic heterocycles. The molecule has 6 nitrogen and oxygen atoms in total. The van der Waals surface area contributed by atoms with Gasteiger partial charge in [0.1, 0.15) is 4.90 Å². The molecule has 0 aliphatic rings. The first-order valence-corrected chi connectivity index (χ1v) is 12.4. The fraction of sp³-hybridized carbons (Fsp3) is 0.240. The topological polar surface area (TPSA) is 78.5 Å². The predicted octanol–water partition coefficient (Wildman–Crippen LogP) is 3.72. The molecular weight excluding hydrogens is 458 g/mol. The Morgan fingerprint density at radius 3 is 2.15 bits per heavy atom. The van der Waals surface area contributed by atoms with Gasteiger partial charge in [-0.25, -0.2) is 13.1 Å². The van der Waals surface area contributed by atoms with Crippen LogP contribution in [-0.4, -0.2) is 45.9 Å². The van der Waals surface area contributed by atoms with Gasteiger partial charge < -0.3 is 10.2 Å². The molecule has 0 radical (unpaired) electrons. The van der Waals surface area contributed by atoms with Gasteiger partial charge in [-0.05, 0) is 49.8 Å². The molecule has 33 heavy (non-hydrogen) atoms. The summed E-state index contributed by atoms with van der Waals surface area (Å²) < 4.78 is 28.2. The van der Waals surface area contributed by atoms with Crippen molar-refractivity contribution in [3.63, 3.8) is 0 Å². The Kier molecular flexibility index (Phi) is 8.63. The maximum Gasteiger partial charge on any atom is 0.251 e. The van der Waals surface area contributed by atoms with Crippen molar-refractivity contribution in [2.24, 2.45) is 0 Å². The average Bonchev–Trinajstić information content (AvgIpc) is 2.81. The van der Waals surface area contributed by atoms with Crippen molar-refractivity contribution in [3.8, 4) is 0 Å². The number of hydrogen-bond donors (Lipinski definition) is 2. The minimum absolute atomic E-state index is 0.0577. The van der Waals surface area contributed by atoms with Crippen molar-refractivity contribution in [3.05, 3.63) is 101 Å². The molecule has 174 valence electrons. The highest BCUT2D eigenvalue weighted by Gasteiger charge is 2.21. The van der Waals surface area contributed by atoms with E-state index in [0.29, 0.717) is 6.54 Å². The van der Waals surface area contributed by atoms with Crippen molar-refractivity contribution in [2.75, 3.05) is 20.6 Å². The summed E-state index contributed by atoms with van der Waals surface area (Å²) in [5, 5.41) is 2.98. The highest BCUT2D eigenvalue weighted by molar-refractivity contribution is 7.89. The quantitative estimate of drug-likeness (QED) is 0.458. The van der Waals surface area contributed by atoms with E-state index in [1.165, 1.54) is 23.8 Å². The number of nitrogens with one attached hydrogen (secondary N) is 2. The number of carbonyl (C=O) groups excluding carboxylic acids is 1. The van der Waals surface area contributed by atoms with Crippen LogP contribution in [0, 0.1) is 0 Å². The van der Waals surface area contributed by atoms with Gasteiger partial charge in [-0.2, -0.15) is 0 Å². The normalized spacial score (nSPS) is 12.5. The zero-order valence-corrected chi connectivity index (χ0v) is 20.2. The summed E-state index contributed by atoms with van der Waals surface area (Å²) in [6.07, 6.45) is 0.776. The third-order valence-electron chi connectivity index (χ3n) is 5.33. The van der Waals surface area contributed by atoms with Crippen LogP contribution in [0.2, 0.25) is 5.02 Å². The van der Waals surface area contributed by atoms with Gasteiger partial charge in [-0.1, -0.05) is 72.3 Å². The molecule has 0 heterocycles. The number of halogens is 1. The predicted molar refractivity (Wildman–Crippen MR) is 132 cm³/mol. The molecule has 0 aliphatic carbocycles. The van der Waals surface area contributed by atoms with E-state index in [9.17, 15) is 13.2 Å². The first kappa shape index (κ1) is 24.9. The van der Waals surface area contributed by atoms with Crippen LogP contribution in [0.1, 0.15) is 21.5 Å². The summed E-state index contributed by atoms with van der Waals surface area (Å²) in [7, 11) is 0.0261. The monoisotopic (exact) mass is 485 g/mol. The maximum atomic E-state index is 12.8. The molecular formula is C25H28ClN3O3S. The van der Waals surface area contributed by atoms with Crippen LogP contribution in [0.5, 0.6) is 0 Å². The molecule has 8 heteroatoms. The lowest BCUT2D eigenvalue weighted by Gasteiger charge is -2.25. The second kappa shape index (κ2) is 11.4. The van der Waals surface area contributed by atoms with Gasteiger partial charge in [0.2, 0.25) is 10.0 Å². The molecule has 0 saturated carbocycles. The Labute approximate surface area is 200 Å². The minimum Gasteiger partial charge on any atom is -0.350 e.